The van der Waals surface area contributed by atoms with Gasteiger partial charge in [0.1, 0.15) is 4.99 Å². The molecule has 2 rings (SSSR count). The zero-order chi connectivity index (χ0) is 13.1. The van der Waals surface area contributed by atoms with E-state index in [0.29, 0.717) is 4.99 Å². The lowest BCUT2D eigenvalue weighted by atomic mass is 10.1. The first-order valence-electron chi connectivity index (χ1n) is 5.78. The van der Waals surface area contributed by atoms with Crippen LogP contribution in [0.2, 0.25) is 0 Å². The van der Waals surface area contributed by atoms with Crippen molar-refractivity contribution in [2.45, 2.75) is 13.5 Å². The van der Waals surface area contributed by atoms with Crippen molar-refractivity contribution in [2.24, 2.45) is 5.73 Å². The Balaban J connectivity index is 2.46. The molecule has 0 saturated heterocycles. The minimum atomic E-state index is 0.395. The molecule has 2 N–H and O–H groups in total. The van der Waals surface area contributed by atoms with Gasteiger partial charge in [-0.3, -0.25) is 0 Å². The lowest BCUT2D eigenvalue weighted by molar-refractivity contribution is 0.754. The molecule has 0 aliphatic heterocycles. The van der Waals surface area contributed by atoms with Gasteiger partial charge in [-0.2, -0.15) is 0 Å². The zero-order valence-corrected chi connectivity index (χ0v) is 11.3. The van der Waals surface area contributed by atoms with Gasteiger partial charge in [0.05, 0.1) is 5.69 Å². The summed E-state index contributed by atoms with van der Waals surface area (Å²) in [7, 11) is 1.96. The Kier molecular flexibility index (Phi) is 3.62. The van der Waals surface area contributed by atoms with E-state index in [1.54, 1.807) is 6.20 Å². The van der Waals surface area contributed by atoms with Crippen LogP contribution in [0.1, 0.15) is 12.5 Å². The summed E-state index contributed by atoms with van der Waals surface area (Å²) in [5.41, 5.74) is 7.58. The molecule has 2 aromatic rings. The van der Waals surface area contributed by atoms with E-state index in [9.17, 15) is 0 Å². The molecule has 5 heteroatoms. The number of thiocarbonyl (C=S) groups is 1. The summed E-state index contributed by atoms with van der Waals surface area (Å²) < 4.78 is 2.07. The topological polar surface area (TPSA) is 47.1 Å². The number of aromatic nitrogens is 2. The molecule has 18 heavy (non-hydrogen) atoms. The minimum absolute atomic E-state index is 0.395. The van der Waals surface area contributed by atoms with Crippen molar-refractivity contribution >= 4 is 28.8 Å². The Bertz CT molecular complexity index is 562. The fourth-order valence-corrected chi connectivity index (χ4v) is 2.10. The van der Waals surface area contributed by atoms with E-state index in [4.69, 9.17) is 18.0 Å². The summed E-state index contributed by atoms with van der Waals surface area (Å²) in [6.07, 6.45) is 3.74. The molecular weight excluding hydrogens is 244 g/mol. The summed E-state index contributed by atoms with van der Waals surface area (Å²) >= 11 is 5.08. The Morgan fingerprint density at radius 2 is 2.17 bits per heavy atom. The third-order valence-electron chi connectivity index (χ3n) is 2.87. The molecule has 0 aliphatic carbocycles. The SMILES string of the molecule is CCn1ccnc1N(C)c1ccccc1C(N)=S. The third-order valence-corrected chi connectivity index (χ3v) is 3.08. The van der Waals surface area contributed by atoms with E-state index in [2.05, 4.69) is 16.5 Å². The van der Waals surface area contributed by atoms with Gasteiger partial charge in [-0.25, -0.2) is 4.98 Å². The fourth-order valence-electron chi connectivity index (χ4n) is 1.93. The molecule has 0 saturated carbocycles. The van der Waals surface area contributed by atoms with Gasteiger partial charge in [-0.1, -0.05) is 24.4 Å². The molecule has 94 valence electrons. The Morgan fingerprint density at radius 1 is 1.44 bits per heavy atom. The maximum Gasteiger partial charge on any atom is 0.209 e. The van der Waals surface area contributed by atoms with Crippen molar-refractivity contribution < 1.29 is 0 Å². The molecule has 0 fully saturated rings. The first kappa shape index (κ1) is 12.6. The number of rotatable bonds is 4. The smallest absolute Gasteiger partial charge is 0.209 e. The quantitative estimate of drug-likeness (QED) is 0.857. The van der Waals surface area contributed by atoms with Crippen LogP contribution in [0.5, 0.6) is 0 Å². The maximum absolute atomic E-state index is 5.75. The number of hydrogen-bond donors (Lipinski definition) is 1. The monoisotopic (exact) mass is 260 g/mol. The predicted octanol–water partition coefficient (Wildman–Crippen LogP) is 2.31. The largest absolute Gasteiger partial charge is 0.389 e. The van der Waals surface area contributed by atoms with Gasteiger partial charge >= 0.3 is 0 Å². The van der Waals surface area contributed by atoms with Crippen molar-refractivity contribution in [3.05, 3.63) is 42.2 Å². The first-order chi connectivity index (χ1) is 8.65. The second kappa shape index (κ2) is 5.18. The second-order valence-corrected chi connectivity index (χ2v) is 4.39. The van der Waals surface area contributed by atoms with Gasteiger partial charge in [0, 0.05) is 31.5 Å². The number of nitrogens with zero attached hydrogens (tertiary/aromatic N) is 3. The van der Waals surface area contributed by atoms with Gasteiger partial charge in [-0.15, -0.1) is 0 Å². The highest BCUT2D eigenvalue weighted by Gasteiger charge is 2.14. The van der Waals surface area contributed by atoms with Gasteiger partial charge in [0.2, 0.25) is 5.95 Å². The van der Waals surface area contributed by atoms with E-state index < -0.39 is 0 Å². The van der Waals surface area contributed by atoms with Gasteiger partial charge in [0.25, 0.3) is 0 Å². The summed E-state index contributed by atoms with van der Waals surface area (Å²) in [5.74, 6) is 0.876. The molecule has 0 radical (unpaired) electrons. The van der Waals surface area contributed by atoms with Crippen LogP contribution < -0.4 is 10.6 Å². The first-order valence-corrected chi connectivity index (χ1v) is 6.19. The molecule has 1 heterocycles. The number of hydrogen-bond acceptors (Lipinski definition) is 3. The van der Waals surface area contributed by atoms with Crippen LogP contribution in [0, 0.1) is 0 Å². The molecule has 4 nitrogen and oxygen atoms in total. The molecule has 1 aromatic carbocycles. The number of benzene rings is 1. The Hall–Kier alpha value is -1.88. The van der Waals surface area contributed by atoms with Crippen LogP contribution in [0.15, 0.2) is 36.7 Å². The molecular formula is C13H16N4S. The molecule has 0 aliphatic rings. The summed E-state index contributed by atoms with van der Waals surface area (Å²) in [5, 5.41) is 0. The van der Waals surface area contributed by atoms with E-state index >= 15 is 0 Å². The third kappa shape index (κ3) is 2.22. The molecule has 0 spiro atoms. The molecule has 0 unspecified atom stereocenters. The van der Waals surface area contributed by atoms with Gasteiger partial charge in [0.15, 0.2) is 0 Å². The van der Waals surface area contributed by atoms with Crippen LogP contribution >= 0.6 is 12.2 Å². The maximum atomic E-state index is 5.75. The van der Waals surface area contributed by atoms with Crippen molar-refractivity contribution in [2.75, 3.05) is 11.9 Å². The van der Waals surface area contributed by atoms with Crippen LogP contribution in [0.4, 0.5) is 11.6 Å². The summed E-state index contributed by atoms with van der Waals surface area (Å²) in [4.78, 5) is 6.76. The average Bonchev–Trinajstić information content (AvgIpc) is 2.86. The van der Waals surface area contributed by atoms with Crippen LogP contribution in [-0.4, -0.2) is 21.6 Å². The lowest BCUT2D eigenvalue weighted by Crippen LogP contribution is -2.20. The standard InChI is InChI=1S/C13H16N4S/c1-3-17-9-8-15-13(17)16(2)11-7-5-4-6-10(11)12(14)18/h4-9H,3H2,1-2H3,(H2,14,18). The second-order valence-electron chi connectivity index (χ2n) is 3.95. The minimum Gasteiger partial charge on any atom is -0.389 e. The predicted molar refractivity (Wildman–Crippen MR) is 78.3 cm³/mol. The number of nitrogens with two attached hydrogens (primary N) is 1. The van der Waals surface area contributed by atoms with Crippen LogP contribution in [0.25, 0.3) is 0 Å². The van der Waals surface area contributed by atoms with E-state index in [0.717, 1.165) is 23.7 Å². The van der Waals surface area contributed by atoms with Gasteiger partial charge in [-0.05, 0) is 19.1 Å². The van der Waals surface area contributed by atoms with Crippen molar-refractivity contribution in [3.63, 3.8) is 0 Å². The number of para-hydroxylation sites is 1. The summed E-state index contributed by atoms with van der Waals surface area (Å²) in [6.45, 7) is 2.95. The Morgan fingerprint density at radius 3 is 2.83 bits per heavy atom. The van der Waals surface area contributed by atoms with Crippen LogP contribution in [0.3, 0.4) is 0 Å². The van der Waals surface area contributed by atoms with Gasteiger partial charge < -0.3 is 15.2 Å². The van der Waals surface area contributed by atoms with E-state index in [-0.39, 0.29) is 0 Å². The number of imidazole rings is 1. The highest BCUT2D eigenvalue weighted by Crippen LogP contribution is 2.25. The Labute approximate surface area is 112 Å². The number of anilines is 2. The normalized spacial score (nSPS) is 10.3. The molecule has 1 aromatic heterocycles. The van der Waals surface area contributed by atoms with Crippen LogP contribution in [-0.2, 0) is 6.54 Å². The van der Waals surface area contributed by atoms with Crippen molar-refractivity contribution in [1.82, 2.24) is 9.55 Å². The summed E-state index contributed by atoms with van der Waals surface area (Å²) in [6, 6.07) is 7.81. The molecule has 0 bridgehead atoms. The van der Waals surface area contributed by atoms with E-state index in [1.165, 1.54) is 0 Å². The van der Waals surface area contributed by atoms with Crippen molar-refractivity contribution in [3.8, 4) is 0 Å². The molecule has 0 atom stereocenters. The number of aryl methyl sites for hydroxylation is 1. The van der Waals surface area contributed by atoms with Crippen molar-refractivity contribution in [1.29, 1.82) is 0 Å². The molecule has 0 amide bonds. The zero-order valence-electron chi connectivity index (χ0n) is 10.5. The highest BCUT2D eigenvalue weighted by molar-refractivity contribution is 7.80. The average molecular weight is 260 g/mol. The van der Waals surface area contributed by atoms with E-state index in [1.807, 2.05) is 42.4 Å². The lowest BCUT2D eigenvalue weighted by Gasteiger charge is -2.21. The highest BCUT2D eigenvalue weighted by atomic mass is 32.1. The fraction of sp³-hybridized carbons (Fsp3) is 0.231.